The van der Waals surface area contributed by atoms with E-state index >= 15 is 0 Å². The van der Waals surface area contributed by atoms with Gasteiger partial charge in [-0.15, -0.1) is 0 Å². The molecule has 94 valence electrons. The molecule has 2 heteroatoms. The zero-order valence-corrected chi connectivity index (χ0v) is 11.5. The molecule has 0 saturated carbocycles. The lowest BCUT2D eigenvalue weighted by Crippen LogP contribution is -2.04. The topological polar surface area (TPSA) is 25.8 Å². The first kappa shape index (κ1) is 12.7. The monoisotopic (exact) mass is 240 g/mol. The summed E-state index contributed by atoms with van der Waals surface area (Å²) in [7, 11) is 0. The third-order valence-corrected chi connectivity index (χ3v) is 3.14. The molecule has 2 aromatic rings. The van der Waals surface area contributed by atoms with Crippen molar-refractivity contribution in [3.8, 4) is 11.1 Å². The SMILES string of the molecule is CC(C)c1cnnc(C(C)C)c1-c1ccccc1. The van der Waals surface area contributed by atoms with Gasteiger partial charge in [-0.05, 0) is 23.0 Å². The van der Waals surface area contributed by atoms with Gasteiger partial charge in [0.1, 0.15) is 0 Å². The molecule has 0 aliphatic carbocycles. The van der Waals surface area contributed by atoms with E-state index < -0.39 is 0 Å². The lowest BCUT2D eigenvalue weighted by atomic mass is 9.90. The lowest BCUT2D eigenvalue weighted by Gasteiger charge is -2.17. The molecule has 0 radical (unpaired) electrons. The van der Waals surface area contributed by atoms with Crippen molar-refractivity contribution in [1.29, 1.82) is 0 Å². The molecule has 0 fully saturated rings. The molecule has 2 rings (SSSR count). The molecule has 0 saturated heterocycles. The highest BCUT2D eigenvalue weighted by molar-refractivity contribution is 5.70. The Morgan fingerprint density at radius 1 is 0.889 bits per heavy atom. The van der Waals surface area contributed by atoms with Gasteiger partial charge in [0.05, 0.1) is 11.9 Å². The van der Waals surface area contributed by atoms with Crippen LogP contribution in [0, 0.1) is 0 Å². The molecule has 0 aliphatic rings. The third kappa shape index (κ3) is 2.42. The Morgan fingerprint density at radius 3 is 2.11 bits per heavy atom. The molecule has 0 N–H and O–H groups in total. The zero-order chi connectivity index (χ0) is 13.1. The van der Waals surface area contributed by atoms with Crippen molar-refractivity contribution >= 4 is 0 Å². The van der Waals surface area contributed by atoms with Gasteiger partial charge in [-0.1, -0.05) is 58.0 Å². The van der Waals surface area contributed by atoms with Crippen molar-refractivity contribution in [2.24, 2.45) is 0 Å². The van der Waals surface area contributed by atoms with E-state index in [0.717, 1.165) is 5.69 Å². The average Bonchev–Trinajstić information content (AvgIpc) is 2.38. The molecule has 0 atom stereocenters. The largest absolute Gasteiger partial charge is 0.159 e. The van der Waals surface area contributed by atoms with E-state index in [1.165, 1.54) is 16.7 Å². The van der Waals surface area contributed by atoms with E-state index in [-0.39, 0.29) is 0 Å². The van der Waals surface area contributed by atoms with Gasteiger partial charge in [0.15, 0.2) is 0 Å². The summed E-state index contributed by atoms with van der Waals surface area (Å²) in [4.78, 5) is 0. The van der Waals surface area contributed by atoms with Gasteiger partial charge in [-0.25, -0.2) is 0 Å². The lowest BCUT2D eigenvalue weighted by molar-refractivity contribution is 0.764. The molecule has 0 amide bonds. The summed E-state index contributed by atoms with van der Waals surface area (Å²) in [6, 6.07) is 10.5. The van der Waals surface area contributed by atoms with E-state index in [4.69, 9.17) is 0 Å². The number of nitrogens with zero attached hydrogens (tertiary/aromatic N) is 2. The molecule has 1 heterocycles. The Balaban J connectivity index is 2.69. The van der Waals surface area contributed by atoms with Gasteiger partial charge in [0.2, 0.25) is 0 Å². The zero-order valence-electron chi connectivity index (χ0n) is 11.5. The fraction of sp³-hybridized carbons (Fsp3) is 0.375. The Morgan fingerprint density at radius 2 is 1.56 bits per heavy atom. The molecule has 2 nitrogen and oxygen atoms in total. The van der Waals surface area contributed by atoms with E-state index in [1.807, 2.05) is 12.3 Å². The number of hydrogen-bond acceptors (Lipinski definition) is 2. The minimum atomic E-state index is 0.381. The normalized spacial score (nSPS) is 11.2. The second-order valence-corrected chi connectivity index (χ2v) is 5.24. The molecular weight excluding hydrogens is 220 g/mol. The van der Waals surface area contributed by atoms with Crippen LogP contribution in [0.1, 0.15) is 50.8 Å². The van der Waals surface area contributed by atoms with Crippen molar-refractivity contribution in [3.05, 3.63) is 47.8 Å². The molecule has 0 aliphatic heterocycles. The maximum absolute atomic E-state index is 4.35. The summed E-state index contributed by atoms with van der Waals surface area (Å²) in [6.07, 6.45) is 1.90. The first-order chi connectivity index (χ1) is 8.61. The first-order valence-electron chi connectivity index (χ1n) is 6.52. The Kier molecular flexibility index (Phi) is 3.75. The van der Waals surface area contributed by atoms with Crippen LogP contribution < -0.4 is 0 Å². The van der Waals surface area contributed by atoms with Crippen LogP contribution in [0.4, 0.5) is 0 Å². The molecule has 18 heavy (non-hydrogen) atoms. The van der Waals surface area contributed by atoms with E-state index in [1.54, 1.807) is 0 Å². The highest BCUT2D eigenvalue weighted by Crippen LogP contribution is 2.33. The van der Waals surface area contributed by atoms with Crippen molar-refractivity contribution in [3.63, 3.8) is 0 Å². The predicted octanol–water partition coefficient (Wildman–Crippen LogP) is 4.39. The molecule has 0 bridgehead atoms. The number of rotatable bonds is 3. The van der Waals surface area contributed by atoms with Gasteiger partial charge >= 0.3 is 0 Å². The molecule has 0 spiro atoms. The van der Waals surface area contributed by atoms with Crippen LogP contribution in [0.25, 0.3) is 11.1 Å². The Bertz CT molecular complexity index is 490. The van der Waals surface area contributed by atoms with E-state index in [2.05, 4.69) is 62.2 Å². The minimum Gasteiger partial charge on any atom is -0.159 e. The Labute approximate surface area is 109 Å². The minimum absolute atomic E-state index is 0.381. The highest BCUT2D eigenvalue weighted by Gasteiger charge is 2.17. The molecule has 1 aromatic heterocycles. The van der Waals surface area contributed by atoms with Gasteiger partial charge in [-0.3, -0.25) is 0 Å². The summed E-state index contributed by atoms with van der Waals surface area (Å²) >= 11 is 0. The van der Waals surface area contributed by atoms with Crippen LogP contribution in [0.3, 0.4) is 0 Å². The number of aromatic nitrogens is 2. The second-order valence-electron chi connectivity index (χ2n) is 5.24. The van der Waals surface area contributed by atoms with Crippen molar-refractivity contribution in [2.45, 2.75) is 39.5 Å². The maximum Gasteiger partial charge on any atom is 0.0737 e. The average molecular weight is 240 g/mol. The van der Waals surface area contributed by atoms with Crippen molar-refractivity contribution in [1.82, 2.24) is 10.2 Å². The molecule has 0 unspecified atom stereocenters. The third-order valence-electron chi connectivity index (χ3n) is 3.14. The summed E-state index contributed by atoms with van der Waals surface area (Å²) in [5.41, 5.74) is 4.86. The van der Waals surface area contributed by atoms with Crippen LogP contribution >= 0.6 is 0 Å². The summed E-state index contributed by atoms with van der Waals surface area (Å²) in [5, 5.41) is 8.51. The number of hydrogen-bond donors (Lipinski definition) is 0. The predicted molar refractivity (Wildman–Crippen MR) is 75.6 cm³/mol. The molecular formula is C16H20N2. The fourth-order valence-electron chi connectivity index (χ4n) is 2.18. The van der Waals surface area contributed by atoms with Gasteiger partial charge in [0, 0.05) is 5.56 Å². The quantitative estimate of drug-likeness (QED) is 0.795. The standard InChI is InChI=1S/C16H20N2/c1-11(2)14-10-17-18-16(12(3)4)15(14)13-8-6-5-7-9-13/h5-12H,1-4H3. The second kappa shape index (κ2) is 5.30. The van der Waals surface area contributed by atoms with Gasteiger partial charge < -0.3 is 0 Å². The van der Waals surface area contributed by atoms with Crippen LogP contribution in [0.2, 0.25) is 0 Å². The maximum atomic E-state index is 4.35. The van der Waals surface area contributed by atoms with E-state index in [9.17, 15) is 0 Å². The summed E-state index contributed by atoms with van der Waals surface area (Å²) in [6.45, 7) is 8.74. The fourth-order valence-corrected chi connectivity index (χ4v) is 2.18. The van der Waals surface area contributed by atoms with Gasteiger partial charge in [-0.2, -0.15) is 10.2 Å². The van der Waals surface area contributed by atoms with Crippen LogP contribution in [0.5, 0.6) is 0 Å². The summed E-state index contributed by atoms with van der Waals surface area (Å²) in [5.74, 6) is 0.833. The Hall–Kier alpha value is -1.70. The van der Waals surface area contributed by atoms with Crippen LogP contribution in [-0.4, -0.2) is 10.2 Å². The van der Waals surface area contributed by atoms with Crippen molar-refractivity contribution < 1.29 is 0 Å². The van der Waals surface area contributed by atoms with Crippen LogP contribution in [0.15, 0.2) is 36.5 Å². The first-order valence-corrected chi connectivity index (χ1v) is 6.52. The highest BCUT2D eigenvalue weighted by atomic mass is 15.1. The van der Waals surface area contributed by atoms with Crippen LogP contribution in [-0.2, 0) is 0 Å². The van der Waals surface area contributed by atoms with Gasteiger partial charge in [0.25, 0.3) is 0 Å². The molecule has 1 aromatic carbocycles. The smallest absolute Gasteiger partial charge is 0.0737 e. The van der Waals surface area contributed by atoms with E-state index in [0.29, 0.717) is 11.8 Å². The number of benzene rings is 1. The van der Waals surface area contributed by atoms with Crippen molar-refractivity contribution in [2.75, 3.05) is 0 Å². The summed E-state index contributed by atoms with van der Waals surface area (Å²) < 4.78 is 0.